The number of benzene rings is 2. The van der Waals surface area contributed by atoms with E-state index in [0.717, 1.165) is 46.6 Å². The van der Waals surface area contributed by atoms with Crippen molar-refractivity contribution in [3.05, 3.63) is 102 Å². The van der Waals surface area contributed by atoms with Crippen LogP contribution in [0.15, 0.2) is 85.2 Å². The van der Waals surface area contributed by atoms with Gasteiger partial charge in [0.1, 0.15) is 6.04 Å². The van der Waals surface area contributed by atoms with E-state index in [9.17, 15) is 9.59 Å². The van der Waals surface area contributed by atoms with Crippen LogP contribution in [0.3, 0.4) is 0 Å². The largest absolute Gasteiger partial charge is 0.368 e. The second kappa shape index (κ2) is 11.9. The Morgan fingerprint density at radius 2 is 1.83 bits per heavy atom. The summed E-state index contributed by atoms with van der Waals surface area (Å²) in [6.45, 7) is 2.06. The minimum atomic E-state index is -0.718. The lowest BCUT2D eigenvalue weighted by Crippen LogP contribution is -2.45. The summed E-state index contributed by atoms with van der Waals surface area (Å²) in [6.07, 6.45) is 6.51. The minimum absolute atomic E-state index is 0.169. The summed E-state index contributed by atoms with van der Waals surface area (Å²) in [6, 6.07) is 23.0. The fourth-order valence-corrected chi connectivity index (χ4v) is 4.17. The molecule has 7 nitrogen and oxygen atoms in total. The number of nitrogens with two attached hydrogens (primary N) is 1. The van der Waals surface area contributed by atoms with Gasteiger partial charge in [-0.2, -0.15) is 5.10 Å². The zero-order chi connectivity index (χ0) is 25.3. The lowest BCUT2D eigenvalue weighted by Gasteiger charge is -2.15. The molecule has 3 N–H and O–H groups in total. The number of hydrogen-bond acceptors (Lipinski definition) is 4. The Labute approximate surface area is 211 Å². The van der Waals surface area contributed by atoms with Crippen LogP contribution in [0, 0.1) is 6.92 Å². The summed E-state index contributed by atoms with van der Waals surface area (Å²) in [4.78, 5) is 28.6. The summed E-state index contributed by atoms with van der Waals surface area (Å²) in [5, 5.41) is 7.65. The van der Waals surface area contributed by atoms with Crippen molar-refractivity contribution >= 4 is 11.8 Å². The van der Waals surface area contributed by atoms with Gasteiger partial charge in [-0.05, 0) is 67.6 Å². The molecule has 0 aliphatic rings. The van der Waals surface area contributed by atoms with E-state index in [1.165, 1.54) is 0 Å². The molecule has 0 saturated heterocycles. The smallest absolute Gasteiger partial charge is 0.240 e. The van der Waals surface area contributed by atoms with Crippen molar-refractivity contribution in [2.24, 2.45) is 5.73 Å². The summed E-state index contributed by atoms with van der Waals surface area (Å²) in [5.74, 6) is -0.699. The van der Waals surface area contributed by atoms with Crippen LogP contribution < -0.4 is 11.1 Å². The minimum Gasteiger partial charge on any atom is -0.368 e. The topological polar surface area (TPSA) is 103 Å². The van der Waals surface area contributed by atoms with Crippen LogP contribution in [0.2, 0.25) is 0 Å². The maximum atomic E-state index is 12.5. The number of pyridine rings is 1. The zero-order valence-corrected chi connectivity index (χ0v) is 20.4. The lowest BCUT2D eigenvalue weighted by molar-refractivity contribution is -0.127. The third-order valence-corrected chi connectivity index (χ3v) is 6.03. The number of aromatic nitrogens is 3. The fourth-order valence-electron chi connectivity index (χ4n) is 4.17. The van der Waals surface area contributed by atoms with Gasteiger partial charge in [-0.3, -0.25) is 14.6 Å². The van der Waals surface area contributed by atoms with Gasteiger partial charge in [0.25, 0.3) is 0 Å². The third-order valence-electron chi connectivity index (χ3n) is 6.03. The standard InChI is InChI=1S/C29H31N5O2/c1-21-9-7-14-24(17-21)34-25(19-26(33-34)23-12-8-16-31-20-23)13-5-6-15-28(35)32-27(29(30)36)18-22-10-3-2-4-11-22/h2-4,7-12,14,16-17,19-20,27H,5-6,13,15,18H2,1H3,(H2,30,36)(H,32,35). The van der Waals surface area contributed by atoms with Crippen LogP contribution in [-0.4, -0.2) is 32.6 Å². The molecule has 4 rings (SSSR count). The third kappa shape index (κ3) is 6.66. The molecule has 2 aromatic heterocycles. The first-order valence-corrected chi connectivity index (χ1v) is 12.2. The highest BCUT2D eigenvalue weighted by atomic mass is 16.2. The molecule has 2 aromatic carbocycles. The number of rotatable bonds is 11. The first kappa shape index (κ1) is 24.9. The van der Waals surface area contributed by atoms with Crippen molar-refractivity contribution in [3.8, 4) is 16.9 Å². The quantitative estimate of drug-likeness (QED) is 0.314. The normalized spacial score (nSPS) is 11.7. The highest BCUT2D eigenvalue weighted by Crippen LogP contribution is 2.23. The molecule has 0 bridgehead atoms. The molecular formula is C29H31N5O2. The Morgan fingerprint density at radius 1 is 1.00 bits per heavy atom. The van der Waals surface area contributed by atoms with Gasteiger partial charge in [0, 0.05) is 36.5 Å². The van der Waals surface area contributed by atoms with Crippen LogP contribution in [0.4, 0.5) is 0 Å². The van der Waals surface area contributed by atoms with Crippen molar-refractivity contribution in [3.63, 3.8) is 0 Å². The van der Waals surface area contributed by atoms with E-state index in [-0.39, 0.29) is 5.91 Å². The molecule has 0 fully saturated rings. The molecule has 1 unspecified atom stereocenters. The van der Waals surface area contributed by atoms with Crippen molar-refractivity contribution < 1.29 is 9.59 Å². The summed E-state index contributed by atoms with van der Waals surface area (Å²) in [7, 11) is 0. The van der Waals surface area contributed by atoms with Gasteiger partial charge in [0.05, 0.1) is 11.4 Å². The number of nitrogens with zero attached hydrogens (tertiary/aromatic N) is 3. The average molecular weight is 482 g/mol. The van der Waals surface area contributed by atoms with E-state index in [4.69, 9.17) is 10.8 Å². The Kier molecular flexibility index (Phi) is 8.24. The number of aryl methyl sites for hydroxylation is 2. The molecule has 0 radical (unpaired) electrons. The van der Waals surface area contributed by atoms with Gasteiger partial charge in [-0.25, -0.2) is 4.68 Å². The fraction of sp³-hybridized carbons (Fsp3) is 0.241. The predicted molar refractivity (Wildman–Crippen MR) is 140 cm³/mol. The van der Waals surface area contributed by atoms with Crippen molar-refractivity contribution in [1.29, 1.82) is 0 Å². The van der Waals surface area contributed by atoms with E-state index >= 15 is 0 Å². The number of amides is 2. The highest BCUT2D eigenvalue weighted by molar-refractivity contribution is 5.86. The Morgan fingerprint density at radius 3 is 2.56 bits per heavy atom. The van der Waals surface area contributed by atoms with E-state index in [1.807, 2.05) is 65.5 Å². The maximum Gasteiger partial charge on any atom is 0.240 e. The van der Waals surface area contributed by atoms with E-state index in [1.54, 1.807) is 6.20 Å². The van der Waals surface area contributed by atoms with Crippen molar-refractivity contribution in [2.75, 3.05) is 0 Å². The van der Waals surface area contributed by atoms with Crippen LogP contribution in [-0.2, 0) is 22.4 Å². The molecule has 0 spiro atoms. The molecular weight excluding hydrogens is 450 g/mol. The molecule has 184 valence electrons. The number of carbonyl (C=O) groups excluding carboxylic acids is 2. The molecule has 0 aliphatic heterocycles. The van der Waals surface area contributed by atoms with Crippen LogP contribution >= 0.6 is 0 Å². The summed E-state index contributed by atoms with van der Waals surface area (Å²) < 4.78 is 1.97. The van der Waals surface area contributed by atoms with E-state index < -0.39 is 11.9 Å². The lowest BCUT2D eigenvalue weighted by atomic mass is 10.0. The van der Waals surface area contributed by atoms with Gasteiger partial charge >= 0.3 is 0 Å². The van der Waals surface area contributed by atoms with Gasteiger partial charge in [0.2, 0.25) is 11.8 Å². The zero-order valence-electron chi connectivity index (χ0n) is 20.4. The van der Waals surface area contributed by atoms with Gasteiger partial charge in [0.15, 0.2) is 0 Å². The number of hydrogen-bond donors (Lipinski definition) is 2. The Balaban J connectivity index is 1.38. The second-order valence-electron chi connectivity index (χ2n) is 8.93. The first-order chi connectivity index (χ1) is 17.5. The molecule has 0 saturated carbocycles. The number of primary amides is 1. The number of nitrogens with one attached hydrogen (secondary N) is 1. The second-order valence-corrected chi connectivity index (χ2v) is 8.93. The molecule has 2 amide bonds. The first-order valence-electron chi connectivity index (χ1n) is 12.2. The van der Waals surface area contributed by atoms with Crippen molar-refractivity contribution in [2.45, 2.75) is 45.1 Å². The predicted octanol–water partition coefficient (Wildman–Crippen LogP) is 4.17. The Bertz CT molecular complexity index is 1300. The molecule has 7 heteroatoms. The van der Waals surface area contributed by atoms with Crippen LogP contribution in [0.1, 0.15) is 36.1 Å². The molecule has 4 aromatic rings. The summed E-state index contributed by atoms with van der Waals surface area (Å²) in [5.41, 5.74) is 11.5. The van der Waals surface area contributed by atoms with E-state index in [2.05, 4.69) is 35.4 Å². The molecule has 1 atom stereocenters. The number of carbonyl (C=O) groups is 2. The van der Waals surface area contributed by atoms with Gasteiger partial charge in [-0.1, -0.05) is 42.5 Å². The maximum absolute atomic E-state index is 12.5. The number of unbranched alkanes of at least 4 members (excludes halogenated alkanes) is 1. The molecule has 36 heavy (non-hydrogen) atoms. The monoisotopic (exact) mass is 481 g/mol. The van der Waals surface area contributed by atoms with Crippen molar-refractivity contribution in [1.82, 2.24) is 20.1 Å². The summed E-state index contributed by atoms with van der Waals surface area (Å²) >= 11 is 0. The van der Waals surface area contributed by atoms with E-state index in [0.29, 0.717) is 19.3 Å². The highest BCUT2D eigenvalue weighted by Gasteiger charge is 2.18. The van der Waals surface area contributed by atoms with Crippen LogP contribution in [0.5, 0.6) is 0 Å². The SMILES string of the molecule is Cc1cccc(-n2nc(-c3cccnc3)cc2CCCCC(=O)NC(Cc2ccccc2)C(N)=O)c1. The molecule has 0 aliphatic carbocycles. The Hall–Kier alpha value is -4.26. The molecule has 2 heterocycles. The van der Waals surface area contributed by atoms with Crippen LogP contribution in [0.25, 0.3) is 16.9 Å². The van der Waals surface area contributed by atoms with Gasteiger partial charge < -0.3 is 11.1 Å². The average Bonchev–Trinajstić information content (AvgIpc) is 3.32. The van der Waals surface area contributed by atoms with Gasteiger partial charge in [-0.15, -0.1) is 0 Å².